The number of phenolic OH excluding ortho intramolecular Hbond substituents is 1. The van der Waals surface area contributed by atoms with Crippen molar-refractivity contribution >= 4 is 29.8 Å². The highest BCUT2D eigenvalue weighted by Crippen LogP contribution is 2.19. The number of nitrogens with zero attached hydrogens (tertiary/aromatic N) is 2. The van der Waals surface area contributed by atoms with Crippen LogP contribution in [0.15, 0.2) is 23.3 Å². The van der Waals surface area contributed by atoms with Crippen LogP contribution in [0, 0.1) is 0 Å². The minimum atomic E-state index is -0.590. The molecule has 0 aliphatic carbocycles. The third kappa shape index (κ3) is 2.54. The highest BCUT2D eigenvalue weighted by Gasteiger charge is 2.25. The third-order valence-electron chi connectivity index (χ3n) is 2.10. The second-order valence-electron chi connectivity index (χ2n) is 3.36. The first-order valence-corrected chi connectivity index (χ1v) is 5.08. The van der Waals surface area contributed by atoms with Crippen molar-refractivity contribution in [1.29, 1.82) is 0 Å². The highest BCUT2D eigenvalue weighted by molar-refractivity contribution is 6.30. The number of hydrazone groups is 1. The molecule has 0 atom stereocenters. The maximum Gasteiger partial charge on any atom is 0.344 e. The summed E-state index contributed by atoms with van der Waals surface area (Å²) in [5, 5.41) is 16.7. The number of imide groups is 1. The van der Waals surface area contributed by atoms with E-state index in [9.17, 15) is 14.7 Å². The van der Waals surface area contributed by atoms with Gasteiger partial charge >= 0.3 is 6.03 Å². The molecule has 1 aliphatic heterocycles. The van der Waals surface area contributed by atoms with Crippen molar-refractivity contribution in [2.24, 2.45) is 5.10 Å². The van der Waals surface area contributed by atoms with E-state index in [1.165, 1.54) is 24.4 Å². The molecule has 0 spiro atoms. The van der Waals surface area contributed by atoms with Crippen LogP contribution < -0.4 is 5.32 Å². The molecule has 2 N–H and O–H groups in total. The van der Waals surface area contributed by atoms with E-state index in [1.54, 1.807) is 0 Å². The van der Waals surface area contributed by atoms with Gasteiger partial charge in [0.2, 0.25) is 5.91 Å². The molecule has 88 valence electrons. The molecule has 0 unspecified atom stereocenters. The number of benzene rings is 1. The Bertz CT molecular complexity index is 516. The second kappa shape index (κ2) is 4.42. The fraction of sp³-hybridized carbons (Fsp3) is 0.100. The topological polar surface area (TPSA) is 82.0 Å². The average Bonchev–Trinajstić information content (AvgIpc) is 2.59. The van der Waals surface area contributed by atoms with Crippen LogP contribution in [0.2, 0.25) is 5.02 Å². The van der Waals surface area contributed by atoms with Gasteiger partial charge in [0.15, 0.2) is 0 Å². The number of hydrogen-bond acceptors (Lipinski definition) is 4. The quantitative estimate of drug-likeness (QED) is 0.608. The molecule has 17 heavy (non-hydrogen) atoms. The lowest BCUT2D eigenvalue weighted by atomic mass is 10.2. The lowest BCUT2D eigenvalue weighted by molar-refractivity contribution is -0.118. The van der Waals surface area contributed by atoms with Gasteiger partial charge in [0.05, 0.1) is 6.21 Å². The molecule has 1 aromatic carbocycles. The molecule has 0 bridgehead atoms. The molecule has 1 fully saturated rings. The molecular weight excluding hydrogens is 246 g/mol. The summed E-state index contributed by atoms with van der Waals surface area (Å²) < 4.78 is 0. The summed E-state index contributed by atoms with van der Waals surface area (Å²) in [4.78, 5) is 22.0. The maximum absolute atomic E-state index is 11.1. The van der Waals surface area contributed by atoms with Crippen molar-refractivity contribution < 1.29 is 14.7 Å². The van der Waals surface area contributed by atoms with Gasteiger partial charge in [-0.05, 0) is 18.2 Å². The van der Waals surface area contributed by atoms with Crippen molar-refractivity contribution in [2.45, 2.75) is 0 Å². The van der Waals surface area contributed by atoms with Gasteiger partial charge < -0.3 is 5.11 Å². The Balaban J connectivity index is 2.18. The van der Waals surface area contributed by atoms with Crippen molar-refractivity contribution in [1.82, 2.24) is 10.3 Å². The minimum Gasteiger partial charge on any atom is -0.507 e. The van der Waals surface area contributed by atoms with E-state index in [4.69, 9.17) is 11.6 Å². The van der Waals surface area contributed by atoms with Crippen LogP contribution in [0.1, 0.15) is 5.56 Å². The maximum atomic E-state index is 11.1. The number of rotatable bonds is 2. The Morgan fingerprint density at radius 1 is 1.47 bits per heavy atom. The first kappa shape index (κ1) is 11.4. The van der Waals surface area contributed by atoms with E-state index in [1.807, 2.05) is 0 Å². The normalized spacial score (nSPS) is 15.7. The predicted molar refractivity (Wildman–Crippen MR) is 61.0 cm³/mol. The van der Waals surface area contributed by atoms with Crippen LogP contribution in [0.25, 0.3) is 0 Å². The molecule has 2 rings (SSSR count). The van der Waals surface area contributed by atoms with E-state index in [-0.39, 0.29) is 12.3 Å². The van der Waals surface area contributed by atoms with Gasteiger partial charge in [0.1, 0.15) is 12.3 Å². The summed E-state index contributed by atoms with van der Waals surface area (Å²) in [6.07, 6.45) is 1.26. The second-order valence-corrected chi connectivity index (χ2v) is 3.80. The van der Waals surface area contributed by atoms with Gasteiger partial charge in [0, 0.05) is 10.6 Å². The zero-order valence-corrected chi connectivity index (χ0v) is 9.31. The number of hydrogen-bond donors (Lipinski definition) is 2. The molecule has 3 amide bonds. The lowest BCUT2D eigenvalue weighted by Crippen LogP contribution is -2.24. The summed E-state index contributed by atoms with van der Waals surface area (Å²) >= 11 is 5.74. The smallest absolute Gasteiger partial charge is 0.344 e. The number of phenols is 1. The average molecular weight is 254 g/mol. The monoisotopic (exact) mass is 253 g/mol. The van der Waals surface area contributed by atoms with Gasteiger partial charge in [-0.2, -0.15) is 5.10 Å². The third-order valence-corrected chi connectivity index (χ3v) is 2.34. The zero-order chi connectivity index (χ0) is 12.4. The molecule has 1 heterocycles. The van der Waals surface area contributed by atoms with Crippen LogP contribution >= 0.6 is 11.6 Å². The van der Waals surface area contributed by atoms with Crippen molar-refractivity contribution in [3.63, 3.8) is 0 Å². The minimum absolute atomic E-state index is 0.0101. The summed E-state index contributed by atoms with van der Waals surface area (Å²) in [5.74, 6) is -0.424. The van der Waals surface area contributed by atoms with E-state index < -0.39 is 11.9 Å². The van der Waals surface area contributed by atoms with Gasteiger partial charge in [-0.25, -0.2) is 9.80 Å². The van der Waals surface area contributed by atoms with Crippen LogP contribution in [-0.4, -0.2) is 34.8 Å². The fourth-order valence-electron chi connectivity index (χ4n) is 1.29. The van der Waals surface area contributed by atoms with Gasteiger partial charge in [-0.15, -0.1) is 0 Å². The number of aromatic hydroxyl groups is 1. The molecule has 1 aromatic rings. The summed E-state index contributed by atoms with van der Waals surface area (Å²) in [5.41, 5.74) is 0.365. The first-order chi connectivity index (χ1) is 8.06. The molecule has 0 aromatic heterocycles. The van der Waals surface area contributed by atoms with E-state index >= 15 is 0 Å². The Labute approximate surface area is 101 Å². The Morgan fingerprint density at radius 3 is 2.88 bits per heavy atom. The molecule has 1 aliphatic rings. The summed E-state index contributed by atoms with van der Waals surface area (Å²) in [7, 11) is 0. The molecule has 0 saturated carbocycles. The Hall–Kier alpha value is -2.08. The van der Waals surface area contributed by atoms with Crippen LogP contribution in [0.4, 0.5) is 4.79 Å². The van der Waals surface area contributed by atoms with Gasteiger partial charge in [0.25, 0.3) is 0 Å². The number of urea groups is 1. The first-order valence-electron chi connectivity index (χ1n) is 4.70. The summed E-state index contributed by atoms with van der Waals surface area (Å²) in [6, 6.07) is 3.85. The fourth-order valence-corrected chi connectivity index (χ4v) is 1.47. The van der Waals surface area contributed by atoms with Crippen molar-refractivity contribution in [3.8, 4) is 5.75 Å². The number of carbonyl (C=O) groups excluding carboxylic acids is 2. The number of halogens is 1. The highest BCUT2D eigenvalue weighted by atomic mass is 35.5. The van der Waals surface area contributed by atoms with Crippen LogP contribution in [0.3, 0.4) is 0 Å². The van der Waals surface area contributed by atoms with E-state index in [0.717, 1.165) is 5.01 Å². The van der Waals surface area contributed by atoms with Crippen LogP contribution in [-0.2, 0) is 4.79 Å². The number of amides is 3. The van der Waals surface area contributed by atoms with E-state index in [2.05, 4.69) is 10.4 Å². The van der Waals surface area contributed by atoms with Crippen molar-refractivity contribution in [3.05, 3.63) is 28.8 Å². The van der Waals surface area contributed by atoms with E-state index in [0.29, 0.717) is 10.6 Å². The Kier molecular flexibility index (Phi) is 2.97. The SMILES string of the molecule is O=C1CN(/N=C/c2cc(Cl)ccc2O)C(=O)N1. The van der Waals surface area contributed by atoms with Gasteiger partial charge in [-0.1, -0.05) is 11.6 Å². The number of carbonyl (C=O) groups is 2. The van der Waals surface area contributed by atoms with Crippen molar-refractivity contribution in [2.75, 3.05) is 6.54 Å². The van der Waals surface area contributed by atoms with Crippen LogP contribution in [0.5, 0.6) is 5.75 Å². The Morgan fingerprint density at radius 2 is 2.24 bits per heavy atom. The molecular formula is C10H8ClN3O3. The largest absolute Gasteiger partial charge is 0.507 e. The lowest BCUT2D eigenvalue weighted by Gasteiger charge is -2.05. The van der Waals surface area contributed by atoms with Gasteiger partial charge in [-0.3, -0.25) is 10.1 Å². The molecule has 0 radical (unpaired) electrons. The zero-order valence-electron chi connectivity index (χ0n) is 8.55. The molecule has 7 heteroatoms. The molecule has 1 saturated heterocycles. The number of nitrogens with one attached hydrogen (secondary N) is 1. The predicted octanol–water partition coefficient (Wildman–Crippen LogP) is 0.931. The molecule has 6 nitrogen and oxygen atoms in total. The standard InChI is InChI=1S/C10H8ClN3O3/c11-7-1-2-8(15)6(3-7)4-12-14-5-9(16)13-10(14)17/h1-4,15H,5H2,(H,13,16,17)/b12-4+. The summed E-state index contributed by atoms with van der Waals surface area (Å²) in [6.45, 7) is -0.128.